The molecule has 1 atom stereocenters. The summed E-state index contributed by atoms with van der Waals surface area (Å²) in [7, 11) is 0. The van der Waals surface area contributed by atoms with Gasteiger partial charge < -0.3 is 25.5 Å². The van der Waals surface area contributed by atoms with Gasteiger partial charge in [-0.1, -0.05) is 11.6 Å². The lowest BCUT2D eigenvalue weighted by molar-refractivity contribution is -0.123. The molecule has 2 amide bonds. The molecule has 0 fully saturated rings. The standard InChI is InChI=1S/C18H19ClFN3O5/c19-14-3-2-13(7-15(14)20)28-10-17(26)23-9-12(24)5-6-21-18(27)11-1-4-16(25)22-8-11/h1-4,7-8,12,24H,5-6,9-10H2,(H,21,27)(H,22,25)(H,23,26). The fourth-order valence-corrected chi connectivity index (χ4v) is 2.22. The Labute approximate surface area is 164 Å². The first-order chi connectivity index (χ1) is 13.3. The molecule has 2 aromatic rings. The van der Waals surface area contributed by atoms with Gasteiger partial charge in [0.2, 0.25) is 5.56 Å². The lowest BCUT2D eigenvalue weighted by Crippen LogP contribution is -2.37. The van der Waals surface area contributed by atoms with Crippen LogP contribution in [0.25, 0.3) is 0 Å². The number of hydrogen-bond donors (Lipinski definition) is 4. The van der Waals surface area contributed by atoms with Gasteiger partial charge in [-0.2, -0.15) is 0 Å². The molecule has 4 N–H and O–H groups in total. The van der Waals surface area contributed by atoms with E-state index in [9.17, 15) is 23.9 Å². The third-order valence-electron chi connectivity index (χ3n) is 3.61. The van der Waals surface area contributed by atoms with Crippen LogP contribution in [0.2, 0.25) is 5.02 Å². The van der Waals surface area contributed by atoms with Crippen LogP contribution in [0, 0.1) is 5.82 Å². The highest BCUT2D eigenvalue weighted by Gasteiger charge is 2.10. The van der Waals surface area contributed by atoms with Crippen LogP contribution < -0.4 is 20.9 Å². The van der Waals surface area contributed by atoms with E-state index in [-0.39, 0.29) is 48.0 Å². The van der Waals surface area contributed by atoms with Crippen LogP contribution in [0.5, 0.6) is 5.75 Å². The molecule has 0 aliphatic rings. The molecule has 1 heterocycles. The van der Waals surface area contributed by atoms with E-state index in [2.05, 4.69) is 15.6 Å². The molecule has 2 rings (SSSR count). The third-order valence-corrected chi connectivity index (χ3v) is 3.91. The first kappa shape index (κ1) is 21.4. The number of aliphatic hydroxyl groups excluding tert-OH is 1. The number of benzene rings is 1. The Hall–Kier alpha value is -2.91. The van der Waals surface area contributed by atoms with Crippen molar-refractivity contribution in [2.24, 2.45) is 0 Å². The summed E-state index contributed by atoms with van der Waals surface area (Å²) < 4.78 is 18.4. The van der Waals surface area contributed by atoms with Crippen LogP contribution in [-0.4, -0.2) is 47.7 Å². The molecule has 150 valence electrons. The Kier molecular flexibility index (Phi) is 7.97. The van der Waals surface area contributed by atoms with Crippen molar-refractivity contribution >= 4 is 23.4 Å². The van der Waals surface area contributed by atoms with E-state index >= 15 is 0 Å². The van der Waals surface area contributed by atoms with Crippen molar-refractivity contribution in [1.29, 1.82) is 0 Å². The van der Waals surface area contributed by atoms with E-state index in [4.69, 9.17) is 16.3 Å². The summed E-state index contributed by atoms with van der Waals surface area (Å²) >= 11 is 5.55. The number of aliphatic hydroxyl groups is 1. The summed E-state index contributed by atoms with van der Waals surface area (Å²) in [4.78, 5) is 36.9. The number of H-pyrrole nitrogens is 1. The molecule has 10 heteroatoms. The minimum atomic E-state index is -0.882. The molecule has 1 unspecified atom stereocenters. The van der Waals surface area contributed by atoms with Crippen LogP contribution in [0.15, 0.2) is 41.3 Å². The normalized spacial score (nSPS) is 11.5. The average Bonchev–Trinajstić information content (AvgIpc) is 2.67. The molecule has 0 aliphatic heterocycles. The van der Waals surface area contributed by atoms with Crippen molar-refractivity contribution in [1.82, 2.24) is 15.6 Å². The Morgan fingerprint density at radius 2 is 2.04 bits per heavy atom. The number of pyridine rings is 1. The van der Waals surface area contributed by atoms with E-state index < -0.39 is 23.7 Å². The van der Waals surface area contributed by atoms with Crippen LogP contribution in [-0.2, 0) is 4.79 Å². The molecular formula is C18H19ClFN3O5. The predicted octanol–water partition coefficient (Wildman–Crippen LogP) is 0.843. The lowest BCUT2D eigenvalue weighted by atomic mass is 10.2. The first-order valence-electron chi connectivity index (χ1n) is 8.34. The molecule has 28 heavy (non-hydrogen) atoms. The fraction of sp³-hybridized carbons (Fsp3) is 0.278. The van der Waals surface area contributed by atoms with Crippen molar-refractivity contribution in [2.75, 3.05) is 19.7 Å². The van der Waals surface area contributed by atoms with Crippen molar-refractivity contribution in [3.63, 3.8) is 0 Å². The Morgan fingerprint density at radius 1 is 1.25 bits per heavy atom. The van der Waals surface area contributed by atoms with Gasteiger partial charge in [0.05, 0.1) is 16.7 Å². The number of rotatable bonds is 9. The van der Waals surface area contributed by atoms with Crippen molar-refractivity contribution in [3.05, 3.63) is 63.3 Å². The summed E-state index contributed by atoms with van der Waals surface area (Å²) in [6.45, 7) is -0.210. The zero-order chi connectivity index (χ0) is 20.5. The number of carbonyl (C=O) groups excluding carboxylic acids is 2. The Morgan fingerprint density at radius 3 is 2.71 bits per heavy atom. The second kappa shape index (κ2) is 10.4. The average molecular weight is 412 g/mol. The van der Waals surface area contributed by atoms with Crippen molar-refractivity contribution < 1.29 is 23.8 Å². The largest absolute Gasteiger partial charge is 0.484 e. The number of aromatic amines is 1. The van der Waals surface area contributed by atoms with Gasteiger partial charge in [0.25, 0.3) is 11.8 Å². The summed E-state index contributed by atoms with van der Waals surface area (Å²) in [5.41, 5.74) is -0.0222. The van der Waals surface area contributed by atoms with Gasteiger partial charge in [0.15, 0.2) is 6.61 Å². The predicted molar refractivity (Wildman–Crippen MR) is 99.9 cm³/mol. The third kappa shape index (κ3) is 7.01. The van der Waals surface area contributed by atoms with Crippen LogP contribution in [0.1, 0.15) is 16.8 Å². The topological polar surface area (TPSA) is 121 Å². The van der Waals surface area contributed by atoms with Gasteiger partial charge in [-0.05, 0) is 24.6 Å². The summed E-state index contributed by atoms with van der Waals surface area (Å²) in [5, 5.41) is 14.9. The summed E-state index contributed by atoms with van der Waals surface area (Å²) in [5.74, 6) is -1.38. The van der Waals surface area contributed by atoms with Crippen LogP contribution in [0.3, 0.4) is 0 Å². The highest BCUT2D eigenvalue weighted by Crippen LogP contribution is 2.20. The van der Waals surface area contributed by atoms with Gasteiger partial charge in [0.1, 0.15) is 11.6 Å². The van der Waals surface area contributed by atoms with E-state index in [0.29, 0.717) is 0 Å². The molecule has 0 saturated heterocycles. The van der Waals surface area contributed by atoms with Gasteiger partial charge in [-0.15, -0.1) is 0 Å². The number of nitrogens with one attached hydrogen (secondary N) is 3. The summed E-state index contributed by atoms with van der Waals surface area (Å²) in [6.07, 6.45) is 0.618. The molecule has 0 saturated carbocycles. The molecule has 1 aromatic heterocycles. The second-order valence-corrected chi connectivity index (χ2v) is 6.22. The highest BCUT2D eigenvalue weighted by atomic mass is 35.5. The molecule has 0 aliphatic carbocycles. The maximum atomic E-state index is 13.3. The number of aromatic nitrogens is 1. The van der Waals surface area contributed by atoms with E-state index in [1.54, 1.807) is 0 Å². The number of hydrogen-bond acceptors (Lipinski definition) is 5. The maximum absolute atomic E-state index is 13.3. The number of ether oxygens (including phenoxy) is 1. The van der Waals surface area contributed by atoms with Gasteiger partial charge in [0, 0.05) is 31.4 Å². The second-order valence-electron chi connectivity index (χ2n) is 5.81. The number of carbonyl (C=O) groups is 2. The molecule has 0 bridgehead atoms. The minimum absolute atomic E-state index is 0.0360. The van der Waals surface area contributed by atoms with Gasteiger partial charge in [-0.25, -0.2) is 4.39 Å². The van der Waals surface area contributed by atoms with E-state index in [1.165, 1.54) is 30.5 Å². The number of amides is 2. The first-order valence-corrected chi connectivity index (χ1v) is 8.72. The van der Waals surface area contributed by atoms with Crippen LogP contribution >= 0.6 is 11.6 Å². The van der Waals surface area contributed by atoms with E-state index in [0.717, 1.165) is 6.07 Å². The Bertz CT molecular complexity index is 869. The smallest absolute Gasteiger partial charge is 0.258 e. The molecule has 8 nitrogen and oxygen atoms in total. The zero-order valence-electron chi connectivity index (χ0n) is 14.7. The molecule has 0 radical (unpaired) electrons. The van der Waals surface area contributed by atoms with Crippen molar-refractivity contribution in [2.45, 2.75) is 12.5 Å². The fourth-order valence-electron chi connectivity index (χ4n) is 2.11. The van der Waals surface area contributed by atoms with Crippen molar-refractivity contribution in [3.8, 4) is 5.75 Å². The SMILES string of the molecule is O=C(COc1ccc(Cl)c(F)c1)NCC(O)CCNC(=O)c1ccc(=O)[nH]c1. The quantitative estimate of drug-likeness (QED) is 0.487. The van der Waals surface area contributed by atoms with E-state index in [1.807, 2.05) is 0 Å². The zero-order valence-corrected chi connectivity index (χ0v) is 15.5. The lowest BCUT2D eigenvalue weighted by Gasteiger charge is -2.13. The number of halogens is 2. The van der Waals surface area contributed by atoms with Crippen LogP contribution in [0.4, 0.5) is 4.39 Å². The molecular weight excluding hydrogens is 393 g/mol. The molecule has 1 aromatic carbocycles. The summed E-state index contributed by atoms with van der Waals surface area (Å²) in [6, 6.07) is 6.43. The van der Waals surface area contributed by atoms with Gasteiger partial charge >= 0.3 is 0 Å². The van der Waals surface area contributed by atoms with Gasteiger partial charge in [-0.3, -0.25) is 14.4 Å². The molecule has 0 spiro atoms. The Balaban J connectivity index is 1.63. The maximum Gasteiger partial charge on any atom is 0.258 e. The monoisotopic (exact) mass is 411 g/mol. The minimum Gasteiger partial charge on any atom is -0.484 e. The highest BCUT2D eigenvalue weighted by molar-refractivity contribution is 6.30.